The predicted octanol–water partition coefficient (Wildman–Crippen LogP) is 2.30. The van der Waals surface area contributed by atoms with Gasteiger partial charge in [0.25, 0.3) is 5.91 Å². The zero-order valence-corrected chi connectivity index (χ0v) is 18.5. The van der Waals surface area contributed by atoms with E-state index in [0.717, 1.165) is 12.8 Å². The van der Waals surface area contributed by atoms with Crippen LogP contribution in [0.25, 0.3) is 0 Å². The molecule has 1 N–H and O–H groups in total. The van der Waals surface area contributed by atoms with Crippen LogP contribution in [-0.4, -0.2) is 78.1 Å². The lowest BCUT2D eigenvalue weighted by atomic mass is 9.92. The zero-order valence-electron chi connectivity index (χ0n) is 18.5. The number of piperidine rings is 1. The van der Waals surface area contributed by atoms with Gasteiger partial charge in [-0.15, -0.1) is 0 Å². The maximum atomic E-state index is 13.1. The van der Waals surface area contributed by atoms with Crippen molar-refractivity contribution in [3.63, 3.8) is 0 Å². The molecular weight excluding hydrogens is 386 g/mol. The number of nitrogens with one attached hydrogen (secondary N) is 1. The Labute approximate surface area is 177 Å². The molecule has 1 aromatic rings. The molecule has 8 nitrogen and oxygen atoms in total. The standard InChI is InChI=1S/C22H33N3O5/c1-14(2)30-22(28)19-15(3)20(23-16(19)4)21(27)25-7-5-17(6-8-25)13-18(26)24-9-11-29-12-10-24/h14,17,23H,5-13H2,1-4H3. The minimum Gasteiger partial charge on any atom is -0.459 e. The van der Waals surface area contributed by atoms with Gasteiger partial charge in [-0.1, -0.05) is 0 Å². The average molecular weight is 420 g/mol. The molecule has 0 aliphatic carbocycles. The van der Waals surface area contributed by atoms with E-state index in [0.29, 0.717) is 74.2 Å². The van der Waals surface area contributed by atoms with Gasteiger partial charge >= 0.3 is 5.97 Å². The summed E-state index contributed by atoms with van der Waals surface area (Å²) in [6, 6.07) is 0. The number of carbonyl (C=O) groups excluding carboxylic acids is 3. The van der Waals surface area contributed by atoms with Crippen molar-refractivity contribution >= 4 is 17.8 Å². The number of hydrogen-bond donors (Lipinski definition) is 1. The number of ether oxygens (including phenoxy) is 2. The van der Waals surface area contributed by atoms with Gasteiger partial charge in [0.15, 0.2) is 0 Å². The summed E-state index contributed by atoms with van der Waals surface area (Å²) in [4.78, 5) is 44.7. The molecule has 0 radical (unpaired) electrons. The minimum atomic E-state index is -0.407. The van der Waals surface area contributed by atoms with Crippen LogP contribution in [0.3, 0.4) is 0 Å². The third-order valence-corrected chi connectivity index (χ3v) is 5.93. The lowest BCUT2D eigenvalue weighted by Crippen LogP contribution is -2.43. The highest BCUT2D eigenvalue weighted by Gasteiger charge is 2.30. The van der Waals surface area contributed by atoms with Gasteiger partial charge in [0.05, 0.1) is 24.9 Å². The molecule has 2 amide bonds. The third-order valence-electron chi connectivity index (χ3n) is 5.93. The van der Waals surface area contributed by atoms with Gasteiger partial charge in [-0.3, -0.25) is 9.59 Å². The molecule has 0 aromatic carbocycles. The Hall–Kier alpha value is -2.35. The van der Waals surface area contributed by atoms with Gasteiger partial charge in [0, 0.05) is 38.3 Å². The van der Waals surface area contributed by atoms with E-state index in [2.05, 4.69) is 4.98 Å². The molecule has 0 spiro atoms. The number of H-pyrrole nitrogens is 1. The molecule has 0 unspecified atom stereocenters. The maximum absolute atomic E-state index is 13.1. The van der Waals surface area contributed by atoms with Gasteiger partial charge < -0.3 is 24.3 Å². The monoisotopic (exact) mass is 419 g/mol. The molecule has 2 saturated heterocycles. The van der Waals surface area contributed by atoms with Crippen molar-refractivity contribution in [1.29, 1.82) is 0 Å². The Balaban J connectivity index is 1.57. The lowest BCUT2D eigenvalue weighted by molar-refractivity contribution is -0.136. The molecule has 3 rings (SSSR count). The SMILES string of the molecule is Cc1[nH]c(C(=O)N2CCC(CC(=O)N3CCOCC3)CC2)c(C)c1C(=O)OC(C)C. The number of aromatic amines is 1. The topological polar surface area (TPSA) is 91.9 Å². The van der Waals surface area contributed by atoms with Gasteiger partial charge in [0.2, 0.25) is 5.91 Å². The zero-order chi connectivity index (χ0) is 21.8. The highest BCUT2D eigenvalue weighted by Crippen LogP contribution is 2.25. The van der Waals surface area contributed by atoms with Crippen LogP contribution < -0.4 is 0 Å². The van der Waals surface area contributed by atoms with E-state index < -0.39 is 5.97 Å². The van der Waals surface area contributed by atoms with Crippen LogP contribution >= 0.6 is 0 Å². The first-order chi connectivity index (χ1) is 14.3. The molecule has 0 saturated carbocycles. The number of carbonyl (C=O) groups is 3. The largest absolute Gasteiger partial charge is 0.459 e. The van der Waals surface area contributed by atoms with Crippen molar-refractivity contribution in [2.45, 2.75) is 53.1 Å². The Morgan fingerprint density at radius 1 is 1.07 bits per heavy atom. The summed E-state index contributed by atoms with van der Waals surface area (Å²) in [6.45, 7) is 11.0. The molecule has 2 aliphatic rings. The molecule has 1 aromatic heterocycles. The Morgan fingerprint density at radius 2 is 1.70 bits per heavy atom. The molecule has 2 aliphatic heterocycles. The number of aromatic nitrogens is 1. The molecule has 0 bridgehead atoms. The number of morpholine rings is 1. The van der Waals surface area contributed by atoms with Crippen molar-refractivity contribution in [3.8, 4) is 0 Å². The summed E-state index contributed by atoms with van der Waals surface area (Å²) in [5.41, 5.74) is 2.17. The number of esters is 1. The molecule has 166 valence electrons. The number of rotatable bonds is 5. The summed E-state index contributed by atoms with van der Waals surface area (Å²) in [5.74, 6) is -0.0209. The molecular formula is C22H33N3O5. The fourth-order valence-corrected chi connectivity index (χ4v) is 4.23. The van der Waals surface area contributed by atoms with Gasteiger partial charge in [-0.2, -0.15) is 0 Å². The van der Waals surface area contributed by atoms with Crippen LogP contribution in [0, 0.1) is 19.8 Å². The highest BCUT2D eigenvalue weighted by atomic mass is 16.5. The second kappa shape index (κ2) is 9.64. The van der Waals surface area contributed by atoms with E-state index in [1.165, 1.54) is 0 Å². The second-order valence-corrected chi connectivity index (χ2v) is 8.51. The quantitative estimate of drug-likeness (QED) is 0.740. The summed E-state index contributed by atoms with van der Waals surface area (Å²) in [5, 5.41) is 0. The van der Waals surface area contributed by atoms with Crippen LogP contribution in [0.15, 0.2) is 0 Å². The molecule has 3 heterocycles. The molecule has 0 atom stereocenters. The third kappa shape index (κ3) is 5.03. The van der Waals surface area contributed by atoms with Crippen molar-refractivity contribution in [3.05, 3.63) is 22.5 Å². The van der Waals surface area contributed by atoms with Crippen LogP contribution in [0.5, 0.6) is 0 Å². The molecule has 8 heteroatoms. The summed E-state index contributed by atoms with van der Waals surface area (Å²) in [7, 11) is 0. The number of amides is 2. The minimum absolute atomic E-state index is 0.0999. The average Bonchev–Trinajstić information content (AvgIpc) is 3.02. The van der Waals surface area contributed by atoms with Gasteiger partial charge in [0.1, 0.15) is 5.69 Å². The predicted molar refractivity (Wildman–Crippen MR) is 111 cm³/mol. The summed E-state index contributed by atoms with van der Waals surface area (Å²) < 4.78 is 10.6. The van der Waals surface area contributed by atoms with Crippen molar-refractivity contribution in [2.75, 3.05) is 39.4 Å². The number of aryl methyl sites for hydroxylation is 1. The number of hydrogen-bond acceptors (Lipinski definition) is 5. The van der Waals surface area contributed by atoms with E-state index in [4.69, 9.17) is 9.47 Å². The fraction of sp³-hybridized carbons (Fsp3) is 0.682. The first-order valence-electron chi connectivity index (χ1n) is 10.8. The number of nitrogens with zero attached hydrogens (tertiary/aromatic N) is 2. The molecule has 2 fully saturated rings. The van der Waals surface area contributed by atoms with Gasteiger partial charge in [-0.25, -0.2) is 4.79 Å². The fourth-order valence-electron chi connectivity index (χ4n) is 4.23. The van der Waals surface area contributed by atoms with E-state index in [1.54, 1.807) is 27.7 Å². The van der Waals surface area contributed by atoms with Gasteiger partial charge in [-0.05, 0) is 52.0 Å². The Morgan fingerprint density at radius 3 is 2.30 bits per heavy atom. The summed E-state index contributed by atoms with van der Waals surface area (Å²) >= 11 is 0. The second-order valence-electron chi connectivity index (χ2n) is 8.51. The van der Waals surface area contributed by atoms with E-state index in [-0.39, 0.29) is 17.9 Å². The smallest absolute Gasteiger partial charge is 0.340 e. The number of likely N-dealkylation sites (tertiary alicyclic amines) is 1. The Bertz CT molecular complexity index is 787. The lowest BCUT2D eigenvalue weighted by Gasteiger charge is -2.33. The van der Waals surface area contributed by atoms with Crippen LogP contribution in [0.4, 0.5) is 0 Å². The van der Waals surface area contributed by atoms with Crippen molar-refractivity contribution in [2.24, 2.45) is 5.92 Å². The summed E-state index contributed by atoms with van der Waals surface area (Å²) in [6.07, 6.45) is 1.93. The first-order valence-corrected chi connectivity index (χ1v) is 10.8. The highest BCUT2D eigenvalue weighted by molar-refractivity contribution is 6.00. The van der Waals surface area contributed by atoms with Crippen LogP contribution in [0.2, 0.25) is 0 Å². The van der Waals surface area contributed by atoms with Crippen LogP contribution in [0.1, 0.15) is 65.2 Å². The van der Waals surface area contributed by atoms with E-state index >= 15 is 0 Å². The maximum Gasteiger partial charge on any atom is 0.340 e. The van der Waals surface area contributed by atoms with E-state index in [1.807, 2.05) is 9.80 Å². The van der Waals surface area contributed by atoms with Crippen LogP contribution in [-0.2, 0) is 14.3 Å². The first kappa shape index (κ1) is 22.3. The Kier molecular flexibility index (Phi) is 7.18. The van der Waals surface area contributed by atoms with Crippen molar-refractivity contribution in [1.82, 2.24) is 14.8 Å². The van der Waals surface area contributed by atoms with E-state index in [9.17, 15) is 14.4 Å². The normalized spacial score (nSPS) is 18.0. The van der Waals surface area contributed by atoms with Crippen molar-refractivity contribution < 1.29 is 23.9 Å². The molecule has 30 heavy (non-hydrogen) atoms.